The van der Waals surface area contributed by atoms with Gasteiger partial charge in [-0.3, -0.25) is 9.59 Å². The summed E-state index contributed by atoms with van der Waals surface area (Å²) in [5, 5.41) is 1.64. The molecule has 5 rings (SSSR count). The summed E-state index contributed by atoms with van der Waals surface area (Å²) in [4.78, 5) is 30.7. The summed E-state index contributed by atoms with van der Waals surface area (Å²) < 4.78 is 28.6. The number of anilines is 1. The number of benzene rings is 4. The number of amides is 2. The van der Waals surface area contributed by atoms with Gasteiger partial charge < -0.3 is 9.80 Å². The van der Waals surface area contributed by atoms with Gasteiger partial charge in [-0.05, 0) is 72.0 Å². The van der Waals surface area contributed by atoms with Crippen LogP contribution < -0.4 is 9.62 Å². The van der Waals surface area contributed by atoms with E-state index in [1.165, 1.54) is 23.3 Å². The Balaban J connectivity index is 0.00000387. The van der Waals surface area contributed by atoms with Gasteiger partial charge in [0.1, 0.15) is 5.92 Å². The molecule has 1 aliphatic heterocycles. The van der Waals surface area contributed by atoms with Crippen LogP contribution in [-0.4, -0.2) is 38.2 Å². The van der Waals surface area contributed by atoms with Crippen molar-refractivity contribution in [2.24, 2.45) is 5.92 Å². The highest BCUT2D eigenvalue weighted by molar-refractivity contribution is 7.90. The number of halogens is 1. The fourth-order valence-corrected chi connectivity index (χ4v) is 6.29. The third-order valence-corrected chi connectivity index (χ3v) is 8.88. The first-order valence-electron chi connectivity index (χ1n) is 13.5. The third-order valence-electron chi connectivity index (χ3n) is 7.54. The van der Waals surface area contributed by atoms with Gasteiger partial charge in [-0.15, -0.1) is 12.4 Å². The Hall–Kier alpha value is -3.88. The second kappa shape index (κ2) is 12.7. The zero-order valence-electron chi connectivity index (χ0n) is 23.1. The molecule has 4 aromatic rings. The van der Waals surface area contributed by atoms with Crippen LogP contribution in [0, 0.1) is 5.92 Å². The molecule has 1 atom stereocenters. The molecule has 1 N–H and O–H groups in total. The highest BCUT2D eigenvalue weighted by Gasteiger charge is 2.33. The molecule has 9 heteroatoms. The molecule has 4 aromatic carbocycles. The molecule has 1 aliphatic rings. The second-order valence-corrected chi connectivity index (χ2v) is 11.7. The van der Waals surface area contributed by atoms with Crippen molar-refractivity contribution in [1.29, 1.82) is 0 Å². The van der Waals surface area contributed by atoms with Gasteiger partial charge in [0, 0.05) is 31.9 Å². The normalized spacial score (nSPS) is 13.3. The van der Waals surface area contributed by atoms with Gasteiger partial charge in [-0.1, -0.05) is 66.7 Å². The summed E-state index contributed by atoms with van der Waals surface area (Å²) in [5.41, 5.74) is 4.45. The Kier molecular flexibility index (Phi) is 9.35. The number of hydrogen-bond donors (Lipinski definition) is 1. The van der Waals surface area contributed by atoms with E-state index in [4.69, 9.17) is 0 Å². The molecular formula is C32H34ClN3O4S. The largest absolute Gasteiger partial charge is 0.363 e. The Morgan fingerprint density at radius 3 is 2.02 bits per heavy atom. The molecule has 0 saturated heterocycles. The Bertz CT molecular complexity index is 1630. The van der Waals surface area contributed by atoms with E-state index in [0.717, 1.165) is 35.1 Å². The van der Waals surface area contributed by atoms with Gasteiger partial charge in [-0.25, -0.2) is 13.1 Å². The quantitative estimate of drug-likeness (QED) is 0.266. The smallest absolute Gasteiger partial charge is 0.264 e. The van der Waals surface area contributed by atoms with Crippen molar-refractivity contribution in [3.8, 4) is 0 Å². The van der Waals surface area contributed by atoms with Crippen molar-refractivity contribution in [3.05, 3.63) is 108 Å². The lowest BCUT2D eigenvalue weighted by Crippen LogP contribution is -2.46. The number of fused-ring (bicyclic) bond motifs is 2. The number of sulfonamides is 1. The number of rotatable bonds is 9. The minimum Gasteiger partial charge on any atom is -0.363 e. The van der Waals surface area contributed by atoms with E-state index in [0.29, 0.717) is 13.1 Å². The van der Waals surface area contributed by atoms with Crippen LogP contribution in [0.3, 0.4) is 0 Å². The van der Waals surface area contributed by atoms with Crippen molar-refractivity contribution in [1.82, 2.24) is 9.62 Å². The zero-order valence-corrected chi connectivity index (χ0v) is 24.8. The van der Waals surface area contributed by atoms with Crippen LogP contribution in [0.4, 0.5) is 5.69 Å². The molecule has 0 saturated carbocycles. The van der Waals surface area contributed by atoms with Crippen LogP contribution in [0.5, 0.6) is 0 Å². The molecule has 2 amide bonds. The number of carbonyl (C=O) groups excluding carboxylic acids is 2. The first-order valence-corrected chi connectivity index (χ1v) is 15.0. The first kappa shape index (κ1) is 30.1. The average molecular weight is 592 g/mol. The van der Waals surface area contributed by atoms with E-state index < -0.39 is 27.8 Å². The van der Waals surface area contributed by atoms with Crippen LogP contribution in [-0.2, 0) is 39.1 Å². The molecule has 0 aliphatic carbocycles. The fourth-order valence-electron chi connectivity index (χ4n) is 5.24. The van der Waals surface area contributed by atoms with Crippen LogP contribution in [0.15, 0.2) is 95.9 Å². The molecule has 7 nitrogen and oxygen atoms in total. The highest BCUT2D eigenvalue weighted by Crippen LogP contribution is 2.29. The molecule has 214 valence electrons. The second-order valence-electron chi connectivity index (χ2n) is 10.0. The van der Waals surface area contributed by atoms with Crippen molar-refractivity contribution in [2.75, 3.05) is 18.0 Å². The summed E-state index contributed by atoms with van der Waals surface area (Å²) in [5.74, 6) is -2.41. The predicted octanol–water partition coefficient (Wildman–Crippen LogP) is 5.31. The molecule has 1 heterocycles. The maximum Gasteiger partial charge on any atom is 0.264 e. The fraction of sp³-hybridized carbons (Fsp3) is 0.250. The molecular weight excluding hydrogens is 558 g/mol. The molecule has 0 fully saturated rings. The minimum atomic E-state index is -4.18. The van der Waals surface area contributed by atoms with Crippen molar-refractivity contribution < 1.29 is 18.0 Å². The van der Waals surface area contributed by atoms with Crippen LogP contribution >= 0.6 is 12.4 Å². The van der Waals surface area contributed by atoms with E-state index >= 15 is 0 Å². The predicted molar refractivity (Wildman–Crippen MR) is 164 cm³/mol. The summed E-state index contributed by atoms with van der Waals surface area (Å²) in [6.45, 7) is 6.17. The van der Waals surface area contributed by atoms with Crippen molar-refractivity contribution >= 4 is 50.7 Å². The van der Waals surface area contributed by atoms with E-state index in [2.05, 4.69) is 21.8 Å². The summed E-state index contributed by atoms with van der Waals surface area (Å²) in [6.07, 6.45) is 0.0922. The minimum absolute atomic E-state index is 0. The molecule has 0 bridgehead atoms. The summed E-state index contributed by atoms with van der Waals surface area (Å²) >= 11 is 0. The first-order chi connectivity index (χ1) is 19.3. The molecule has 0 aromatic heterocycles. The molecule has 41 heavy (non-hydrogen) atoms. The van der Waals surface area contributed by atoms with Gasteiger partial charge in [0.25, 0.3) is 10.0 Å². The number of nitrogens with zero attached hydrogens (tertiary/aromatic N) is 2. The van der Waals surface area contributed by atoms with Crippen molar-refractivity contribution in [2.45, 2.75) is 38.3 Å². The Morgan fingerprint density at radius 1 is 0.829 bits per heavy atom. The van der Waals surface area contributed by atoms with Gasteiger partial charge >= 0.3 is 0 Å². The number of carbonyl (C=O) groups is 2. The van der Waals surface area contributed by atoms with E-state index in [1.807, 2.05) is 74.5 Å². The van der Waals surface area contributed by atoms with Gasteiger partial charge in [-0.2, -0.15) is 0 Å². The maximum absolute atomic E-state index is 13.4. The van der Waals surface area contributed by atoms with E-state index in [1.54, 1.807) is 11.0 Å². The van der Waals surface area contributed by atoms with E-state index in [-0.39, 0.29) is 23.7 Å². The molecule has 0 spiro atoms. The molecule has 0 radical (unpaired) electrons. The van der Waals surface area contributed by atoms with Gasteiger partial charge in [0.2, 0.25) is 11.8 Å². The third kappa shape index (κ3) is 6.55. The zero-order chi connectivity index (χ0) is 28.3. The van der Waals surface area contributed by atoms with Crippen LogP contribution in [0.2, 0.25) is 0 Å². The standard InChI is InChI=1S/C32H33N3O4S.ClH/c1-3-34(4-2)32(37)30(31(36)33-40(38,39)29-18-15-24-9-5-6-10-25(24)20-29)19-23-13-16-28(17-14-23)35-21-26-11-7-8-12-27(26)22-35;/h5-18,20,30H,3-4,19,21-22H2,1-2H3,(H,33,36);1H. The monoisotopic (exact) mass is 591 g/mol. The summed E-state index contributed by atoms with van der Waals surface area (Å²) in [6, 6.07) is 28.3. The number of hydrogen-bond acceptors (Lipinski definition) is 5. The lowest BCUT2D eigenvalue weighted by Gasteiger charge is -2.25. The van der Waals surface area contributed by atoms with Gasteiger partial charge in [0.05, 0.1) is 4.90 Å². The maximum atomic E-state index is 13.4. The average Bonchev–Trinajstić information content (AvgIpc) is 3.40. The SMILES string of the molecule is CCN(CC)C(=O)C(Cc1ccc(N2Cc3ccccc3C2)cc1)C(=O)NS(=O)(=O)c1ccc2ccccc2c1.Cl. The van der Waals surface area contributed by atoms with Gasteiger partial charge in [0.15, 0.2) is 0 Å². The van der Waals surface area contributed by atoms with E-state index in [9.17, 15) is 18.0 Å². The lowest BCUT2D eigenvalue weighted by molar-refractivity contribution is -0.141. The van der Waals surface area contributed by atoms with Crippen LogP contribution in [0.1, 0.15) is 30.5 Å². The number of nitrogens with one attached hydrogen (secondary N) is 1. The summed E-state index contributed by atoms with van der Waals surface area (Å²) in [7, 11) is -4.18. The van der Waals surface area contributed by atoms with Crippen LogP contribution in [0.25, 0.3) is 10.8 Å². The topological polar surface area (TPSA) is 86.8 Å². The Morgan fingerprint density at radius 2 is 1.41 bits per heavy atom. The lowest BCUT2D eigenvalue weighted by atomic mass is 9.97. The Labute approximate surface area is 247 Å². The van der Waals surface area contributed by atoms with Crippen molar-refractivity contribution in [3.63, 3.8) is 0 Å². The highest BCUT2D eigenvalue weighted by atomic mass is 35.5. The molecule has 1 unspecified atom stereocenters.